The molecule has 0 aromatic heterocycles. The Morgan fingerprint density at radius 3 is 2.08 bits per heavy atom. The summed E-state index contributed by atoms with van der Waals surface area (Å²) in [7, 11) is 0. The van der Waals surface area contributed by atoms with Gasteiger partial charge in [-0.25, -0.2) is 0 Å². The lowest BCUT2D eigenvalue weighted by Crippen LogP contribution is -2.49. The molecule has 1 aliphatic heterocycles. The number of para-hydroxylation sites is 1. The van der Waals surface area contributed by atoms with Gasteiger partial charge in [-0.05, 0) is 64.0 Å². The van der Waals surface area contributed by atoms with E-state index in [0.717, 1.165) is 12.0 Å². The maximum absolute atomic E-state index is 2.84. The lowest BCUT2D eigenvalue weighted by atomic mass is 9.99. The Hall–Kier alpha value is -1.44. The number of benzene rings is 1. The molecule has 3 aliphatic rings. The van der Waals surface area contributed by atoms with E-state index in [-0.39, 0.29) is 0 Å². The summed E-state index contributed by atoms with van der Waals surface area (Å²) in [6, 6.07) is 9.72. The first-order valence-electron chi connectivity index (χ1n) is 9.99. The van der Waals surface area contributed by atoms with Gasteiger partial charge >= 0.3 is 0 Å². The molecule has 1 atom stereocenters. The lowest BCUT2D eigenvalue weighted by molar-refractivity contribution is 0.155. The average Bonchev–Trinajstić information content (AvgIpc) is 3.31. The highest BCUT2D eigenvalue weighted by molar-refractivity contribution is 5.60. The molecule has 0 radical (unpaired) electrons. The predicted octanol–water partition coefficient (Wildman–Crippen LogP) is 5.83. The zero-order valence-corrected chi connectivity index (χ0v) is 15.6. The minimum absolute atomic E-state index is 0.552. The molecule has 1 unspecified atom stereocenters. The predicted molar refractivity (Wildman–Crippen MR) is 102 cm³/mol. The van der Waals surface area contributed by atoms with E-state index in [4.69, 9.17) is 0 Å². The van der Waals surface area contributed by atoms with Gasteiger partial charge in [0.25, 0.3) is 0 Å². The molecule has 0 N–H and O–H groups in total. The molecule has 0 amide bonds. The summed E-state index contributed by atoms with van der Waals surface area (Å²) in [6.07, 6.45) is 11.8. The van der Waals surface area contributed by atoms with Crippen LogP contribution in [0.15, 0.2) is 35.7 Å². The first kappa shape index (κ1) is 16.1. The van der Waals surface area contributed by atoms with Crippen LogP contribution < -0.4 is 4.90 Å². The third kappa shape index (κ3) is 2.55. The van der Waals surface area contributed by atoms with E-state index >= 15 is 0 Å². The van der Waals surface area contributed by atoms with Crippen molar-refractivity contribution >= 4 is 5.69 Å². The summed E-state index contributed by atoms with van der Waals surface area (Å²) in [6.45, 7) is 6.98. The van der Waals surface area contributed by atoms with Crippen LogP contribution in [0.5, 0.6) is 0 Å². The normalized spacial score (nSPS) is 26.2. The van der Waals surface area contributed by atoms with Crippen molar-refractivity contribution in [3.8, 4) is 0 Å². The molecule has 2 saturated carbocycles. The molecule has 0 bridgehead atoms. The summed E-state index contributed by atoms with van der Waals surface area (Å²) < 4.78 is 0. The Balaban J connectivity index is 1.76. The van der Waals surface area contributed by atoms with Gasteiger partial charge < -0.3 is 9.80 Å². The zero-order chi connectivity index (χ0) is 16.7. The third-order valence-electron chi connectivity index (χ3n) is 6.74. The van der Waals surface area contributed by atoms with Crippen LogP contribution in [-0.4, -0.2) is 17.1 Å². The number of rotatable bonds is 3. The van der Waals surface area contributed by atoms with Crippen LogP contribution in [-0.2, 0) is 0 Å². The fraction of sp³-hybridized carbons (Fsp3) is 0.636. The van der Waals surface area contributed by atoms with Crippen molar-refractivity contribution < 1.29 is 0 Å². The van der Waals surface area contributed by atoms with Crippen molar-refractivity contribution in [3.05, 3.63) is 41.2 Å². The number of aryl methyl sites for hydroxylation is 1. The van der Waals surface area contributed by atoms with E-state index in [1.54, 1.807) is 0 Å². The molecule has 130 valence electrons. The summed E-state index contributed by atoms with van der Waals surface area (Å²) >= 11 is 0. The molecular weight excluding hydrogens is 292 g/mol. The molecule has 2 nitrogen and oxygen atoms in total. The Morgan fingerprint density at radius 1 is 0.792 bits per heavy atom. The van der Waals surface area contributed by atoms with E-state index in [1.807, 2.05) is 0 Å². The van der Waals surface area contributed by atoms with Gasteiger partial charge in [-0.2, -0.15) is 0 Å². The molecule has 0 spiro atoms. The standard InChI is InChI=1S/C22H32N2/c1-16-10-4-9-15-21(16)24-18(3)17(2)23(20-13-7-8-14-20)22(24)19-11-5-6-12-19/h4,9-10,15,19-20,22H,5-8,11-14H2,1-3H3. The van der Waals surface area contributed by atoms with Gasteiger partial charge in [0, 0.05) is 23.1 Å². The van der Waals surface area contributed by atoms with Gasteiger partial charge in [0.05, 0.1) is 0 Å². The zero-order valence-electron chi connectivity index (χ0n) is 15.6. The van der Waals surface area contributed by atoms with Crippen molar-refractivity contribution in [1.29, 1.82) is 0 Å². The van der Waals surface area contributed by atoms with Crippen LogP contribution in [0.3, 0.4) is 0 Å². The Labute approximate surface area is 147 Å². The summed E-state index contributed by atoms with van der Waals surface area (Å²) in [5.74, 6) is 0.817. The molecule has 2 heteroatoms. The summed E-state index contributed by atoms with van der Waals surface area (Å²) in [4.78, 5) is 5.53. The monoisotopic (exact) mass is 324 g/mol. The maximum atomic E-state index is 2.84. The number of allylic oxidation sites excluding steroid dienone is 2. The van der Waals surface area contributed by atoms with Crippen LogP contribution in [0.1, 0.15) is 70.8 Å². The molecule has 1 aromatic carbocycles. The Kier molecular flexibility index (Phi) is 4.32. The van der Waals surface area contributed by atoms with Gasteiger partial charge in [0.1, 0.15) is 6.17 Å². The second-order valence-electron chi connectivity index (χ2n) is 8.13. The molecule has 4 rings (SSSR count). The van der Waals surface area contributed by atoms with Gasteiger partial charge in [0.15, 0.2) is 0 Å². The highest BCUT2D eigenvalue weighted by atomic mass is 15.4. The van der Waals surface area contributed by atoms with Gasteiger partial charge in [-0.3, -0.25) is 0 Å². The van der Waals surface area contributed by atoms with Crippen molar-refractivity contribution in [1.82, 2.24) is 4.90 Å². The largest absolute Gasteiger partial charge is 0.350 e. The lowest BCUT2D eigenvalue weighted by Gasteiger charge is -2.42. The van der Waals surface area contributed by atoms with E-state index in [1.165, 1.54) is 74.0 Å². The maximum Gasteiger partial charge on any atom is 0.109 e. The SMILES string of the molecule is CC1=C(C)N(C2CCCC2)C(C2CCCC2)N1c1ccccc1C. The van der Waals surface area contributed by atoms with E-state index in [0.29, 0.717) is 6.17 Å². The second-order valence-corrected chi connectivity index (χ2v) is 8.13. The molecule has 24 heavy (non-hydrogen) atoms. The molecule has 2 fully saturated rings. The number of hydrogen-bond donors (Lipinski definition) is 0. The Morgan fingerprint density at radius 2 is 1.42 bits per heavy atom. The fourth-order valence-electron chi connectivity index (χ4n) is 5.41. The minimum Gasteiger partial charge on any atom is -0.350 e. The smallest absolute Gasteiger partial charge is 0.109 e. The minimum atomic E-state index is 0.552. The highest BCUT2D eigenvalue weighted by Crippen LogP contribution is 2.45. The van der Waals surface area contributed by atoms with Crippen LogP contribution in [0.4, 0.5) is 5.69 Å². The molecule has 1 heterocycles. The second kappa shape index (κ2) is 6.46. The van der Waals surface area contributed by atoms with Crippen molar-refractivity contribution in [3.63, 3.8) is 0 Å². The molecular formula is C22H32N2. The van der Waals surface area contributed by atoms with Gasteiger partial charge in [-0.15, -0.1) is 0 Å². The number of anilines is 1. The first-order valence-corrected chi connectivity index (χ1v) is 9.99. The van der Waals surface area contributed by atoms with Crippen molar-refractivity contribution in [2.75, 3.05) is 4.90 Å². The van der Waals surface area contributed by atoms with Crippen LogP contribution in [0.2, 0.25) is 0 Å². The number of nitrogens with zero attached hydrogens (tertiary/aromatic N) is 2. The van der Waals surface area contributed by atoms with Crippen LogP contribution >= 0.6 is 0 Å². The fourth-order valence-corrected chi connectivity index (χ4v) is 5.41. The quantitative estimate of drug-likeness (QED) is 0.690. The highest BCUT2D eigenvalue weighted by Gasteiger charge is 2.44. The van der Waals surface area contributed by atoms with Crippen LogP contribution in [0, 0.1) is 12.8 Å². The van der Waals surface area contributed by atoms with Crippen molar-refractivity contribution in [2.24, 2.45) is 5.92 Å². The van der Waals surface area contributed by atoms with Crippen molar-refractivity contribution in [2.45, 2.75) is 84.3 Å². The van der Waals surface area contributed by atoms with E-state index in [9.17, 15) is 0 Å². The molecule has 1 aromatic rings. The van der Waals surface area contributed by atoms with E-state index in [2.05, 4.69) is 54.8 Å². The Bertz CT molecular complexity index is 621. The number of hydrogen-bond acceptors (Lipinski definition) is 2. The van der Waals surface area contributed by atoms with Gasteiger partial charge in [0.2, 0.25) is 0 Å². The van der Waals surface area contributed by atoms with Crippen LogP contribution in [0.25, 0.3) is 0 Å². The summed E-state index contributed by atoms with van der Waals surface area (Å²) in [5.41, 5.74) is 5.84. The topological polar surface area (TPSA) is 6.48 Å². The first-order chi connectivity index (χ1) is 11.7. The van der Waals surface area contributed by atoms with E-state index < -0.39 is 0 Å². The average molecular weight is 325 g/mol. The molecule has 2 aliphatic carbocycles. The third-order valence-corrected chi connectivity index (χ3v) is 6.74. The molecule has 0 saturated heterocycles. The van der Waals surface area contributed by atoms with Gasteiger partial charge in [-0.1, -0.05) is 43.9 Å². The summed E-state index contributed by atoms with van der Waals surface area (Å²) in [5, 5.41) is 0.